The molecule has 2 aromatic rings. The number of aromatic nitrogens is 2. The maximum Gasteiger partial charge on any atom is 0.338 e. The molecule has 1 aliphatic rings. The number of esters is 1. The van der Waals surface area contributed by atoms with Gasteiger partial charge in [-0.1, -0.05) is 11.6 Å². The Balaban J connectivity index is 1.65. The zero-order chi connectivity index (χ0) is 18.8. The van der Waals surface area contributed by atoms with Gasteiger partial charge < -0.3 is 14.6 Å². The summed E-state index contributed by atoms with van der Waals surface area (Å²) in [4.78, 5) is 37.6. The van der Waals surface area contributed by atoms with Crippen LogP contribution in [-0.2, 0) is 9.47 Å². The molecule has 0 aliphatic carbocycles. The fourth-order valence-corrected chi connectivity index (χ4v) is 2.79. The van der Waals surface area contributed by atoms with E-state index in [1.165, 1.54) is 22.9 Å². The topological polar surface area (TPSA) is 111 Å². The van der Waals surface area contributed by atoms with Crippen LogP contribution in [0.3, 0.4) is 0 Å². The van der Waals surface area contributed by atoms with Gasteiger partial charge in [-0.05, 0) is 31.2 Å². The minimum atomic E-state index is -0.919. The molecule has 26 heavy (non-hydrogen) atoms. The highest BCUT2D eigenvalue weighted by atomic mass is 35.5. The molecule has 3 rings (SSSR count). The van der Waals surface area contributed by atoms with E-state index in [9.17, 15) is 19.5 Å². The lowest BCUT2D eigenvalue weighted by molar-refractivity contribution is -0.0532. The maximum absolute atomic E-state index is 12.0. The highest BCUT2D eigenvalue weighted by Gasteiger charge is 2.36. The molecule has 0 unspecified atom stereocenters. The molecule has 0 spiro atoms. The van der Waals surface area contributed by atoms with Crippen LogP contribution in [0, 0.1) is 6.92 Å². The summed E-state index contributed by atoms with van der Waals surface area (Å²) in [7, 11) is 0. The lowest BCUT2D eigenvalue weighted by Crippen LogP contribution is -2.33. The lowest BCUT2D eigenvalue weighted by atomic mass is 10.2. The van der Waals surface area contributed by atoms with Crippen LogP contribution in [0.2, 0.25) is 5.02 Å². The van der Waals surface area contributed by atoms with Crippen molar-refractivity contribution in [2.75, 3.05) is 6.61 Å². The standard InChI is InChI=1S/C17H17ClN2O6/c1-9-7-20(17(24)19-15(9)22)14-6-12(21)13(26-14)8-25-16(23)10-2-4-11(18)5-3-10/h2-5,7,12-14,21H,6,8H2,1H3,(H,19,22,24)/t12-,13+,14+/m0/s1. The number of H-pyrrole nitrogens is 1. The first-order chi connectivity index (χ1) is 12.3. The minimum absolute atomic E-state index is 0.133. The number of aliphatic hydroxyl groups is 1. The number of aliphatic hydroxyl groups excluding tert-OH is 1. The molecule has 1 aromatic carbocycles. The Morgan fingerprint density at radius 1 is 1.38 bits per heavy atom. The van der Waals surface area contributed by atoms with Crippen LogP contribution < -0.4 is 11.2 Å². The van der Waals surface area contributed by atoms with E-state index in [1.54, 1.807) is 19.1 Å². The van der Waals surface area contributed by atoms with Crippen molar-refractivity contribution in [3.05, 3.63) is 67.4 Å². The third-order valence-electron chi connectivity index (χ3n) is 4.12. The summed E-state index contributed by atoms with van der Waals surface area (Å²) in [5.74, 6) is -0.571. The van der Waals surface area contributed by atoms with Gasteiger partial charge in [0.2, 0.25) is 0 Å². The van der Waals surface area contributed by atoms with Crippen LogP contribution in [0.4, 0.5) is 0 Å². The molecule has 2 N–H and O–H groups in total. The normalized spacial score (nSPS) is 22.3. The number of aromatic amines is 1. The van der Waals surface area contributed by atoms with Crippen molar-refractivity contribution < 1.29 is 19.4 Å². The lowest BCUT2D eigenvalue weighted by Gasteiger charge is -2.16. The Morgan fingerprint density at radius 3 is 2.77 bits per heavy atom. The molecule has 138 valence electrons. The monoisotopic (exact) mass is 380 g/mol. The van der Waals surface area contributed by atoms with E-state index in [4.69, 9.17) is 21.1 Å². The van der Waals surface area contributed by atoms with Gasteiger partial charge in [-0.2, -0.15) is 0 Å². The van der Waals surface area contributed by atoms with Crippen LogP contribution in [0.25, 0.3) is 0 Å². The summed E-state index contributed by atoms with van der Waals surface area (Å²) in [6, 6.07) is 6.20. The third-order valence-corrected chi connectivity index (χ3v) is 4.37. The number of carbonyl (C=O) groups is 1. The summed E-state index contributed by atoms with van der Waals surface area (Å²) in [6.07, 6.45) is -0.949. The number of aryl methyl sites for hydroxylation is 1. The molecule has 0 saturated carbocycles. The van der Waals surface area contributed by atoms with Gasteiger partial charge in [-0.3, -0.25) is 14.3 Å². The van der Waals surface area contributed by atoms with Gasteiger partial charge in [-0.15, -0.1) is 0 Å². The van der Waals surface area contributed by atoms with Gasteiger partial charge in [0.15, 0.2) is 0 Å². The number of ether oxygens (including phenoxy) is 2. The highest BCUT2D eigenvalue weighted by molar-refractivity contribution is 6.30. The zero-order valence-corrected chi connectivity index (χ0v) is 14.6. The molecule has 9 heteroatoms. The van der Waals surface area contributed by atoms with Crippen molar-refractivity contribution >= 4 is 17.6 Å². The molecule has 0 bridgehead atoms. The van der Waals surface area contributed by atoms with E-state index in [1.807, 2.05) is 0 Å². The SMILES string of the molecule is Cc1cn([C@H]2C[C@H](O)[C@@H](COC(=O)c3ccc(Cl)cc3)O2)c(=O)[nH]c1=O. The molecular formula is C17H17ClN2O6. The summed E-state index contributed by atoms with van der Waals surface area (Å²) < 4.78 is 12.0. The predicted molar refractivity (Wildman–Crippen MR) is 92.3 cm³/mol. The first kappa shape index (κ1) is 18.4. The van der Waals surface area contributed by atoms with Gasteiger partial charge in [0, 0.05) is 23.2 Å². The first-order valence-electron chi connectivity index (χ1n) is 7.93. The molecule has 2 heterocycles. The second-order valence-corrected chi connectivity index (χ2v) is 6.45. The quantitative estimate of drug-likeness (QED) is 0.766. The van der Waals surface area contributed by atoms with Gasteiger partial charge in [0.05, 0.1) is 11.7 Å². The van der Waals surface area contributed by atoms with Crippen LogP contribution in [-0.4, -0.2) is 39.4 Å². The van der Waals surface area contributed by atoms with Crippen molar-refractivity contribution in [3.63, 3.8) is 0 Å². The van der Waals surface area contributed by atoms with Crippen molar-refractivity contribution in [2.45, 2.75) is 31.8 Å². The van der Waals surface area contributed by atoms with Crippen LogP contribution in [0.1, 0.15) is 28.6 Å². The van der Waals surface area contributed by atoms with Gasteiger partial charge >= 0.3 is 11.7 Å². The molecule has 1 saturated heterocycles. The summed E-state index contributed by atoms with van der Waals surface area (Å²) in [5.41, 5.74) is -0.430. The number of carbonyl (C=O) groups excluding carboxylic acids is 1. The van der Waals surface area contributed by atoms with Crippen LogP contribution in [0.15, 0.2) is 40.1 Å². The summed E-state index contributed by atoms with van der Waals surface area (Å²) in [6.45, 7) is 1.39. The second kappa shape index (κ2) is 7.45. The van der Waals surface area contributed by atoms with E-state index in [2.05, 4.69) is 4.98 Å². The number of nitrogens with zero attached hydrogens (tertiary/aromatic N) is 1. The van der Waals surface area contributed by atoms with E-state index in [0.29, 0.717) is 16.1 Å². The Bertz CT molecular complexity index is 920. The van der Waals surface area contributed by atoms with Gasteiger partial charge in [0.1, 0.15) is 18.9 Å². The number of nitrogens with one attached hydrogen (secondary N) is 1. The first-order valence-corrected chi connectivity index (χ1v) is 8.31. The Morgan fingerprint density at radius 2 is 2.08 bits per heavy atom. The zero-order valence-electron chi connectivity index (χ0n) is 13.8. The molecule has 1 aromatic heterocycles. The fourth-order valence-electron chi connectivity index (χ4n) is 2.66. The maximum atomic E-state index is 12.0. The molecule has 1 aliphatic heterocycles. The van der Waals surface area contributed by atoms with E-state index >= 15 is 0 Å². The van der Waals surface area contributed by atoms with Crippen molar-refractivity contribution in [3.8, 4) is 0 Å². The Kier molecular flexibility index (Phi) is 5.26. The van der Waals surface area contributed by atoms with Crippen molar-refractivity contribution in [2.24, 2.45) is 0 Å². The number of rotatable bonds is 4. The van der Waals surface area contributed by atoms with E-state index in [0.717, 1.165) is 0 Å². The second-order valence-electron chi connectivity index (χ2n) is 6.02. The average molecular weight is 381 g/mol. The minimum Gasteiger partial charge on any atom is -0.459 e. The van der Waals surface area contributed by atoms with Crippen LogP contribution >= 0.6 is 11.6 Å². The molecule has 0 radical (unpaired) electrons. The van der Waals surface area contributed by atoms with Crippen molar-refractivity contribution in [1.29, 1.82) is 0 Å². The van der Waals surface area contributed by atoms with Gasteiger partial charge in [-0.25, -0.2) is 9.59 Å². The number of hydrogen-bond acceptors (Lipinski definition) is 6. The predicted octanol–water partition coefficient (Wildman–Crippen LogP) is 1.00. The molecule has 1 fully saturated rings. The number of halogens is 1. The van der Waals surface area contributed by atoms with Gasteiger partial charge in [0.25, 0.3) is 5.56 Å². The average Bonchev–Trinajstić information content (AvgIpc) is 2.97. The summed E-state index contributed by atoms with van der Waals surface area (Å²) in [5, 5.41) is 10.6. The van der Waals surface area contributed by atoms with E-state index in [-0.39, 0.29) is 13.0 Å². The molecular weight excluding hydrogens is 364 g/mol. The summed E-state index contributed by atoms with van der Waals surface area (Å²) >= 11 is 5.77. The molecule has 0 amide bonds. The number of benzene rings is 1. The number of hydrogen-bond donors (Lipinski definition) is 2. The Labute approximate surface area is 152 Å². The third kappa shape index (κ3) is 3.87. The molecule has 3 atom stereocenters. The fraction of sp³-hybridized carbons (Fsp3) is 0.353. The Hall–Kier alpha value is -2.42. The van der Waals surface area contributed by atoms with Crippen molar-refractivity contribution in [1.82, 2.24) is 9.55 Å². The highest BCUT2D eigenvalue weighted by Crippen LogP contribution is 2.28. The smallest absolute Gasteiger partial charge is 0.338 e. The van der Waals surface area contributed by atoms with E-state index < -0.39 is 35.7 Å². The van der Waals surface area contributed by atoms with Crippen LogP contribution in [0.5, 0.6) is 0 Å². The molecule has 8 nitrogen and oxygen atoms in total. The largest absolute Gasteiger partial charge is 0.459 e.